The molecule has 124 valence electrons. The van der Waals surface area contributed by atoms with Gasteiger partial charge in [-0.3, -0.25) is 4.79 Å². The van der Waals surface area contributed by atoms with Crippen molar-refractivity contribution in [2.75, 3.05) is 6.61 Å². The second kappa shape index (κ2) is 13.2. The first kappa shape index (κ1) is 18.5. The first-order valence-corrected chi connectivity index (χ1v) is 9.48. The quantitative estimate of drug-likeness (QED) is 0.306. The van der Waals surface area contributed by atoms with Crippen LogP contribution in [0.2, 0.25) is 0 Å². The van der Waals surface area contributed by atoms with Crippen molar-refractivity contribution in [3.05, 3.63) is 0 Å². The Morgan fingerprint density at radius 3 is 2.10 bits per heavy atom. The maximum atomic E-state index is 11.6. The zero-order valence-electron chi connectivity index (χ0n) is 14.2. The van der Waals surface area contributed by atoms with E-state index in [-0.39, 0.29) is 5.97 Å². The molecule has 0 aromatic carbocycles. The Balaban J connectivity index is 1.78. The van der Waals surface area contributed by atoms with E-state index >= 15 is 0 Å². The van der Waals surface area contributed by atoms with Crippen molar-refractivity contribution in [1.82, 2.24) is 0 Å². The molecule has 0 amide bonds. The number of hydrogen-bond donors (Lipinski definition) is 0. The lowest BCUT2D eigenvalue weighted by molar-refractivity contribution is -0.144. The summed E-state index contributed by atoms with van der Waals surface area (Å²) in [5.74, 6) is 0.849. The Hall–Kier alpha value is -0.530. The summed E-state index contributed by atoms with van der Waals surface area (Å²) in [4.78, 5) is 11.6. The highest BCUT2D eigenvalue weighted by molar-refractivity contribution is 5.69. The van der Waals surface area contributed by atoms with E-state index < -0.39 is 0 Å². The van der Waals surface area contributed by atoms with E-state index in [9.17, 15) is 4.79 Å². The fourth-order valence-corrected chi connectivity index (χ4v) is 3.29. The number of hydrogen-bond acceptors (Lipinski definition) is 2. The van der Waals surface area contributed by atoms with Crippen molar-refractivity contribution in [3.8, 4) is 0 Å². The van der Waals surface area contributed by atoms with Crippen LogP contribution in [0.15, 0.2) is 0 Å². The monoisotopic (exact) mass is 296 g/mol. The van der Waals surface area contributed by atoms with Gasteiger partial charge in [0.1, 0.15) is 0 Å². The van der Waals surface area contributed by atoms with Gasteiger partial charge in [-0.15, -0.1) is 0 Å². The van der Waals surface area contributed by atoms with Crippen LogP contribution in [0.1, 0.15) is 103 Å². The highest BCUT2D eigenvalue weighted by Gasteiger charge is 2.15. The lowest BCUT2D eigenvalue weighted by Gasteiger charge is -2.09. The predicted molar refractivity (Wildman–Crippen MR) is 89.4 cm³/mol. The van der Waals surface area contributed by atoms with Crippen molar-refractivity contribution >= 4 is 5.97 Å². The normalized spacial score (nSPS) is 15.5. The average Bonchev–Trinajstić information content (AvgIpc) is 2.99. The van der Waals surface area contributed by atoms with Gasteiger partial charge in [-0.2, -0.15) is 0 Å². The third-order valence-electron chi connectivity index (χ3n) is 4.75. The van der Waals surface area contributed by atoms with Gasteiger partial charge in [0.2, 0.25) is 0 Å². The maximum absolute atomic E-state index is 11.6. The zero-order chi connectivity index (χ0) is 15.2. The van der Waals surface area contributed by atoms with Gasteiger partial charge in [0.05, 0.1) is 6.61 Å². The first-order chi connectivity index (χ1) is 10.3. The highest BCUT2D eigenvalue weighted by atomic mass is 16.5. The molecule has 0 saturated heterocycles. The topological polar surface area (TPSA) is 26.3 Å². The van der Waals surface area contributed by atoms with Crippen LogP contribution < -0.4 is 0 Å². The molecule has 1 saturated carbocycles. The van der Waals surface area contributed by atoms with Gasteiger partial charge < -0.3 is 4.74 Å². The third kappa shape index (κ3) is 10.8. The van der Waals surface area contributed by atoms with Crippen molar-refractivity contribution < 1.29 is 9.53 Å². The summed E-state index contributed by atoms with van der Waals surface area (Å²) in [6.07, 6.45) is 18.8. The fraction of sp³-hybridized carbons (Fsp3) is 0.947. The largest absolute Gasteiger partial charge is 0.466 e. The van der Waals surface area contributed by atoms with Crippen molar-refractivity contribution in [2.24, 2.45) is 5.92 Å². The van der Waals surface area contributed by atoms with E-state index in [1.807, 2.05) is 0 Å². The molecule has 1 fully saturated rings. The molecule has 2 nitrogen and oxygen atoms in total. The summed E-state index contributed by atoms with van der Waals surface area (Å²) in [5.41, 5.74) is 0. The van der Waals surface area contributed by atoms with E-state index in [1.165, 1.54) is 77.0 Å². The molecular formula is C19H36O2. The molecular weight excluding hydrogens is 260 g/mol. The van der Waals surface area contributed by atoms with Gasteiger partial charge in [0.15, 0.2) is 0 Å². The Bertz CT molecular complexity index is 244. The van der Waals surface area contributed by atoms with Gasteiger partial charge in [-0.1, -0.05) is 84.0 Å². The molecule has 0 N–H and O–H groups in total. The minimum Gasteiger partial charge on any atom is -0.466 e. The van der Waals surface area contributed by atoms with E-state index in [0.717, 1.165) is 18.8 Å². The summed E-state index contributed by atoms with van der Waals surface area (Å²) in [5, 5.41) is 0. The molecule has 1 rings (SSSR count). The molecule has 1 aliphatic carbocycles. The van der Waals surface area contributed by atoms with Crippen LogP contribution in [0, 0.1) is 5.92 Å². The molecule has 0 unspecified atom stereocenters. The molecule has 0 radical (unpaired) electrons. The number of carbonyl (C=O) groups excluding carboxylic acids is 1. The summed E-state index contributed by atoms with van der Waals surface area (Å²) in [6, 6.07) is 0. The average molecular weight is 296 g/mol. The van der Waals surface area contributed by atoms with Gasteiger partial charge in [-0.25, -0.2) is 0 Å². The molecule has 0 atom stereocenters. The van der Waals surface area contributed by atoms with Crippen LogP contribution in [0.5, 0.6) is 0 Å². The van der Waals surface area contributed by atoms with E-state index in [0.29, 0.717) is 13.0 Å². The standard InChI is InChI=1S/C19H36O2/c1-2-3-4-5-6-7-8-9-10-15-19(20)21-17-16-18-13-11-12-14-18/h18H,2-17H2,1H3. The SMILES string of the molecule is CCCCCCCCCCCC(=O)OCCC1CCCC1. The zero-order valence-corrected chi connectivity index (χ0v) is 14.2. The number of ether oxygens (including phenoxy) is 1. The Labute approximate surface area is 132 Å². The minimum absolute atomic E-state index is 0.0240. The predicted octanol–water partition coefficient (Wildman–Crippen LogP) is 6.03. The number of rotatable bonds is 13. The van der Waals surface area contributed by atoms with Gasteiger partial charge >= 0.3 is 5.97 Å². The lowest BCUT2D eigenvalue weighted by atomic mass is 10.1. The summed E-state index contributed by atoms with van der Waals surface area (Å²) in [6.45, 7) is 2.91. The van der Waals surface area contributed by atoms with Crippen molar-refractivity contribution in [2.45, 2.75) is 103 Å². The number of esters is 1. The van der Waals surface area contributed by atoms with Crippen LogP contribution in [-0.2, 0) is 9.53 Å². The van der Waals surface area contributed by atoms with Crippen LogP contribution >= 0.6 is 0 Å². The van der Waals surface area contributed by atoms with Crippen LogP contribution in [-0.4, -0.2) is 12.6 Å². The minimum atomic E-state index is 0.0240. The van der Waals surface area contributed by atoms with E-state index in [2.05, 4.69) is 6.92 Å². The maximum Gasteiger partial charge on any atom is 0.305 e. The van der Waals surface area contributed by atoms with Crippen LogP contribution in [0.25, 0.3) is 0 Å². The molecule has 2 heteroatoms. The molecule has 1 aliphatic rings. The fourth-order valence-electron chi connectivity index (χ4n) is 3.29. The smallest absolute Gasteiger partial charge is 0.305 e. The Morgan fingerprint density at radius 2 is 1.48 bits per heavy atom. The summed E-state index contributed by atoms with van der Waals surface area (Å²) < 4.78 is 5.34. The second-order valence-corrected chi connectivity index (χ2v) is 6.74. The highest BCUT2D eigenvalue weighted by Crippen LogP contribution is 2.27. The molecule has 0 spiro atoms. The summed E-state index contributed by atoms with van der Waals surface area (Å²) in [7, 11) is 0. The van der Waals surface area contributed by atoms with Crippen LogP contribution in [0.4, 0.5) is 0 Å². The Kier molecular flexibility index (Phi) is 11.6. The second-order valence-electron chi connectivity index (χ2n) is 6.74. The van der Waals surface area contributed by atoms with Gasteiger partial charge in [0.25, 0.3) is 0 Å². The van der Waals surface area contributed by atoms with E-state index in [4.69, 9.17) is 4.74 Å². The number of carbonyl (C=O) groups is 1. The molecule has 0 aliphatic heterocycles. The molecule has 0 bridgehead atoms. The number of unbranched alkanes of at least 4 members (excludes halogenated alkanes) is 8. The van der Waals surface area contributed by atoms with E-state index in [1.54, 1.807) is 0 Å². The first-order valence-electron chi connectivity index (χ1n) is 9.48. The van der Waals surface area contributed by atoms with Gasteiger partial charge in [0, 0.05) is 6.42 Å². The van der Waals surface area contributed by atoms with Crippen molar-refractivity contribution in [3.63, 3.8) is 0 Å². The molecule has 0 heterocycles. The third-order valence-corrected chi connectivity index (χ3v) is 4.75. The Morgan fingerprint density at radius 1 is 0.905 bits per heavy atom. The van der Waals surface area contributed by atoms with Gasteiger partial charge in [-0.05, 0) is 18.8 Å². The summed E-state index contributed by atoms with van der Waals surface area (Å²) >= 11 is 0. The molecule has 0 aromatic rings. The lowest BCUT2D eigenvalue weighted by Crippen LogP contribution is -2.08. The molecule has 0 aromatic heterocycles. The van der Waals surface area contributed by atoms with Crippen LogP contribution in [0.3, 0.4) is 0 Å². The van der Waals surface area contributed by atoms with Crippen molar-refractivity contribution in [1.29, 1.82) is 0 Å². The molecule has 21 heavy (non-hydrogen) atoms.